The number of nitrogens with zero attached hydrogens (tertiary/aromatic N) is 4. The fourth-order valence-electron chi connectivity index (χ4n) is 5.08. The van der Waals surface area contributed by atoms with Crippen molar-refractivity contribution in [3.05, 3.63) is 90.0 Å². The highest BCUT2D eigenvalue weighted by Crippen LogP contribution is 2.33. The average Bonchev–Trinajstić information content (AvgIpc) is 3.57. The van der Waals surface area contributed by atoms with Crippen molar-refractivity contribution < 1.29 is 27.8 Å². The van der Waals surface area contributed by atoms with E-state index in [-0.39, 0.29) is 66.7 Å². The highest BCUT2D eigenvalue weighted by atomic mass is 19.2. The Morgan fingerprint density at radius 2 is 1.78 bits per heavy atom. The summed E-state index contributed by atoms with van der Waals surface area (Å²) in [6.07, 6.45) is 6.73. The summed E-state index contributed by atoms with van der Waals surface area (Å²) >= 11 is 0. The van der Waals surface area contributed by atoms with Crippen molar-refractivity contribution in [3.8, 4) is 28.6 Å². The highest BCUT2D eigenvalue weighted by Gasteiger charge is 2.21. The molecule has 0 aliphatic rings. The molecule has 51 heavy (non-hydrogen) atoms. The van der Waals surface area contributed by atoms with Crippen LogP contribution in [0.1, 0.15) is 29.3 Å². The molecule has 3 heterocycles. The number of nitrogens with two attached hydrogens (primary N) is 2. The molecular formula is C34H37F2N11O4. The van der Waals surface area contributed by atoms with Gasteiger partial charge in [-0.1, -0.05) is 6.92 Å². The van der Waals surface area contributed by atoms with Crippen molar-refractivity contribution >= 4 is 34.9 Å². The van der Waals surface area contributed by atoms with Crippen molar-refractivity contribution in [2.45, 2.75) is 25.8 Å². The fourth-order valence-corrected chi connectivity index (χ4v) is 5.08. The smallest absolute Gasteiger partial charge is 0.251 e. The van der Waals surface area contributed by atoms with Crippen molar-refractivity contribution in [1.29, 1.82) is 5.41 Å². The number of carbonyl (C=O) groups excluding carboxylic acids is 2. The Labute approximate surface area is 291 Å². The molecule has 5 aromatic rings. The summed E-state index contributed by atoms with van der Waals surface area (Å²) in [5.74, 6) is -2.64. The Morgan fingerprint density at radius 1 is 0.980 bits per heavy atom. The average molecular weight is 702 g/mol. The van der Waals surface area contributed by atoms with Gasteiger partial charge >= 0.3 is 0 Å². The molecule has 0 fully saturated rings. The van der Waals surface area contributed by atoms with Gasteiger partial charge in [-0.05, 0) is 54.8 Å². The Hall–Kier alpha value is -6.36. The Balaban J connectivity index is 1.24. The van der Waals surface area contributed by atoms with Gasteiger partial charge in [0.2, 0.25) is 17.6 Å². The zero-order valence-electron chi connectivity index (χ0n) is 27.8. The van der Waals surface area contributed by atoms with Crippen molar-refractivity contribution in [2.75, 3.05) is 32.1 Å². The molecule has 15 nitrogen and oxygen atoms in total. The number of halogens is 2. The molecular weight excluding hydrogens is 664 g/mol. The molecule has 266 valence electrons. The molecule has 0 radical (unpaired) electrons. The number of hydrogen-bond donors (Lipinski definition) is 7. The summed E-state index contributed by atoms with van der Waals surface area (Å²) in [4.78, 5) is 38.0. The van der Waals surface area contributed by atoms with E-state index in [1.165, 1.54) is 43.9 Å². The second-order valence-electron chi connectivity index (χ2n) is 11.1. The Kier molecular flexibility index (Phi) is 11.5. The van der Waals surface area contributed by atoms with E-state index >= 15 is 8.78 Å². The summed E-state index contributed by atoms with van der Waals surface area (Å²) in [6, 6.07) is 10.2. The van der Waals surface area contributed by atoms with Crippen molar-refractivity contribution in [1.82, 2.24) is 35.3 Å². The van der Waals surface area contributed by atoms with Crippen molar-refractivity contribution in [3.63, 3.8) is 0 Å². The van der Waals surface area contributed by atoms with Crippen LogP contribution < -0.4 is 42.2 Å². The summed E-state index contributed by atoms with van der Waals surface area (Å²) in [5.41, 5.74) is 13.5. The minimum absolute atomic E-state index is 0.0415. The number of aromatic nitrogens is 4. The number of carbonyl (C=O) groups is 2. The molecule has 1 unspecified atom stereocenters. The lowest BCUT2D eigenvalue weighted by Crippen LogP contribution is -2.45. The van der Waals surface area contributed by atoms with E-state index in [2.05, 4.69) is 36.2 Å². The molecule has 9 N–H and O–H groups in total. The Bertz CT molecular complexity index is 2040. The number of imidazole rings is 1. The third-order valence-electron chi connectivity index (χ3n) is 7.72. The van der Waals surface area contributed by atoms with Crippen LogP contribution >= 0.6 is 0 Å². The normalized spacial score (nSPS) is 11.5. The number of fused-ring (bicyclic) bond motifs is 1. The summed E-state index contributed by atoms with van der Waals surface area (Å²) in [5, 5.41) is 18.4. The van der Waals surface area contributed by atoms with E-state index in [0.717, 1.165) is 5.56 Å². The molecule has 0 aliphatic heterocycles. The van der Waals surface area contributed by atoms with E-state index in [9.17, 15) is 9.59 Å². The van der Waals surface area contributed by atoms with E-state index in [1.807, 2.05) is 13.0 Å². The number of rotatable bonds is 15. The molecule has 0 aliphatic carbocycles. The molecule has 1 atom stereocenters. The van der Waals surface area contributed by atoms with Gasteiger partial charge in [0.25, 0.3) is 5.91 Å². The van der Waals surface area contributed by atoms with Crippen LogP contribution in [0.5, 0.6) is 17.4 Å². The van der Waals surface area contributed by atoms with Gasteiger partial charge in [0.1, 0.15) is 5.75 Å². The molecule has 0 saturated heterocycles. The lowest BCUT2D eigenvalue weighted by atomic mass is 10.0. The molecule has 0 saturated carbocycles. The van der Waals surface area contributed by atoms with Crippen LogP contribution in [0.3, 0.4) is 0 Å². The summed E-state index contributed by atoms with van der Waals surface area (Å²) in [6.45, 7) is 2.56. The maximum atomic E-state index is 15.4. The molecule has 2 amide bonds. The van der Waals surface area contributed by atoms with Crippen LogP contribution in [0.25, 0.3) is 16.9 Å². The second-order valence-corrected chi connectivity index (χ2v) is 11.1. The third-order valence-corrected chi connectivity index (χ3v) is 7.72. The number of guanidine groups is 1. The number of pyridine rings is 1. The molecule has 0 spiro atoms. The first-order valence-electron chi connectivity index (χ1n) is 15.9. The van der Waals surface area contributed by atoms with Crippen LogP contribution in [-0.4, -0.2) is 69.9 Å². The van der Waals surface area contributed by atoms with Gasteiger partial charge in [-0.25, -0.2) is 19.3 Å². The van der Waals surface area contributed by atoms with E-state index in [0.29, 0.717) is 34.9 Å². The number of methoxy groups -OCH3 is 1. The molecule has 17 heteroatoms. The van der Waals surface area contributed by atoms with Gasteiger partial charge in [-0.3, -0.25) is 19.4 Å². The third kappa shape index (κ3) is 8.63. The van der Waals surface area contributed by atoms with Gasteiger partial charge in [-0.2, -0.15) is 4.39 Å². The van der Waals surface area contributed by atoms with E-state index < -0.39 is 17.7 Å². The van der Waals surface area contributed by atoms with Gasteiger partial charge in [0.05, 0.1) is 31.2 Å². The molecule has 2 aromatic carbocycles. The van der Waals surface area contributed by atoms with Gasteiger partial charge in [0, 0.05) is 54.9 Å². The molecule has 3 aromatic heterocycles. The first-order chi connectivity index (χ1) is 24.6. The lowest BCUT2D eigenvalue weighted by molar-refractivity contribution is -0.122. The first-order valence-corrected chi connectivity index (χ1v) is 15.9. The molecule has 5 rings (SSSR count). The fraction of sp³-hybridized carbons (Fsp3) is 0.235. The number of aryl methyl sites for hydroxylation is 1. The number of ether oxygens (including phenoxy) is 2. The van der Waals surface area contributed by atoms with Crippen molar-refractivity contribution in [2.24, 2.45) is 11.5 Å². The van der Waals surface area contributed by atoms with Crippen LogP contribution in [0.15, 0.2) is 67.3 Å². The zero-order valence-corrected chi connectivity index (χ0v) is 27.8. The van der Waals surface area contributed by atoms with Gasteiger partial charge < -0.3 is 42.2 Å². The summed E-state index contributed by atoms with van der Waals surface area (Å²) in [7, 11) is 1.48. The van der Waals surface area contributed by atoms with Crippen LogP contribution in [0, 0.1) is 17.0 Å². The van der Waals surface area contributed by atoms with Crippen LogP contribution in [-0.2, 0) is 11.2 Å². The van der Waals surface area contributed by atoms with Gasteiger partial charge in [-0.15, -0.1) is 0 Å². The topological polar surface area (TPSA) is 220 Å². The quantitative estimate of drug-likeness (QED) is 0.0477. The zero-order chi connectivity index (χ0) is 36.5. The monoisotopic (exact) mass is 701 g/mol. The predicted molar refractivity (Wildman–Crippen MR) is 186 cm³/mol. The maximum Gasteiger partial charge on any atom is 0.251 e. The molecule has 0 bridgehead atoms. The minimum atomic E-state index is -1.19. The van der Waals surface area contributed by atoms with E-state index in [1.54, 1.807) is 28.8 Å². The maximum absolute atomic E-state index is 15.4. The predicted octanol–water partition coefficient (Wildman–Crippen LogP) is 3.22. The number of nitrogens with one attached hydrogen (secondary N) is 5. The standard InChI is InChI=1S/C34H37F2N11O4/c1-3-19-16-20(4-6-22(19)32(48)41-12-13-42-33(49)24(37)10-11-43-34(38)39)46-30-31-45-18-25(47(31)15-14-40-30)23-7-8-26(29(36)28(23)35)51-27-9-5-21(50-2)17-44-27/h4-9,14-18,24H,3,10-13,37H2,1-2H3,(H,40,46)(H,41,48)(H,42,49)(H4,38,39,43). The van der Waals surface area contributed by atoms with Crippen LogP contribution in [0.2, 0.25) is 0 Å². The number of hydrogen-bond acceptors (Lipinski definition) is 10. The Morgan fingerprint density at radius 3 is 2.51 bits per heavy atom. The first kappa shape index (κ1) is 35.9. The van der Waals surface area contributed by atoms with Gasteiger partial charge in [0.15, 0.2) is 29.0 Å². The second kappa shape index (κ2) is 16.4. The number of amides is 2. The largest absolute Gasteiger partial charge is 0.495 e. The lowest BCUT2D eigenvalue weighted by Gasteiger charge is -2.14. The van der Waals surface area contributed by atoms with E-state index in [4.69, 9.17) is 26.4 Å². The van der Waals surface area contributed by atoms with Crippen LogP contribution in [0.4, 0.5) is 20.3 Å². The SMILES string of the molecule is CCc1cc(Nc2nccn3c(-c4ccc(Oc5ccc(OC)cn5)c(F)c4F)cnc23)ccc1C(=O)NCCNC(=O)C(N)CCNC(=N)N. The minimum Gasteiger partial charge on any atom is -0.495 e. The highest BCUT2D eigenvalue weighted by molar-refractivity contribution is 5.96. The number of benzene rings is 2. The summed E-state index contributed by atoms with van der Waals surface area (Å²) < 4.78 is 42.6. The number of anilines is 2.